The molecule has 232 valence electrons. The molecule has 0 aliphatic heterocycles. The van der Waals surface area contributed by atoms with Gasteiger partial charge in [-0.15, -0.1) is 11.3 Å². The second-order valence-electron chi connectivity index (χ2n) is 12.9. The molecule has 0 unspecified atom stereocenters. The van der Waals surface area contributed by atoms with Crippen molar-refractivity contribution < 1.29 is 8.83 Å². The first kappa shape index (κ1) is 26.5. The zero-order valence-electron chi connectivity index (χ0n) is 26.3. The second-order valence-corrected chi connectivity index (χ2v) is 13.9. The third-order valence-electron chi connectivity index (χ3n) is 10.2. The molecular weight excluding hydrogens is 635 g/mol. The lowest BCUT2D eigenvalue weighted by Gasteiger charge is -2.12. The summed E-state index contributed by atoms with van der Waals surface area (Å²) in [6.07, 6.45) is 0. The number of para-hydroxylation sites is 4. The van der Waals surface area contributed by atoms with Crippen molar-refractivity contribution in [2.24, 2.45) is 0 Å². The highest BCUT2D eigenvalue weighted by Crippen LogP contribution is 2.50. The molecule has 5 heterocycles. The van der Waals surface area contributed by atoms with Crippen molar-refractivity contribution in [1.29, 1.82) is 0 Å². The van der Waals surface area contributed by atoms with Crippen LogP contribution in [0.2, 0.25) is 0 Å². The van der Waals surface area contributed by atoms with Crippen molar-refractivity contribution >= 4 is 108 Å². The first-order chi connectivity index (χ1) is 24.8. The van der Waals surface area contributed by atoms with Crippen LogP contribution < -0.4 is 0 Å². The standard InChI is InChI=1S/C44H23N3O2S/c1-6-16-31-27(12-1)40(24-21-22-26-25-11-3-8-18-33(25)48-35(26)23-24)46-44(45-31)47-32-17-7-2-13-28(32)37-38-29-14-4-9-19-34(29)49-42(38)43-39(41(37)47)30-15-5-10-20-36(30)50-43/h1-23H. The monoisotopic (exact) mass is 657 g/mol. The predicted molar refractivity (Wildman–Crippen MR) is 207 cm³/mol. The molecule has 0 spiro atoms. The highest BCUT2D eigenvalue weighted by atomic mass is 32.1. The van der Waals surface area contributed by atoms with Crippen LogP contribution in [0.5, 0.6) is 0 Å². The Hall–Kier alpha value is -6.50. The van der Waals surface area contributed by atoms with E-state index in [1.807, 2.05) is 24.3 Å². The largest absolute Gasteiger partial charge is 0.456 e. The Balaban J connectivity index is 1.27. The zero-order valence-corrected chi connectivity index (χ0v) is 27.2. The quantitative estimate of drug-likeness (QED) is 0.186. The van der Waals surface area contributed by atoms with Crippen molar-refractivity contribution in [2.75, 3.05) is 0 Å². The van der Waals surface area contributed by atoms with Gasteiger partial charge in [0.2, 0.25) is 5.95 Å². The van der Waals surface area contributed by atoms with Crippen LogP contribution in [-0.2, 0) is 0 Å². The first-order valence-electron chi connectivity index (χ1n) is 16.7. The molecule has 7 aromatic carbocycles. The summed E-state index contributed by atoms with van der Waals surface area (Å²) >= 11 is 1.78. The summed E-state index contributed by atoms with van der Waals surface area (Å²) < 4.78 is 17.7. The maximum atomic E-state index is 6.72. The van der Waals surface area contributed by atoms with Crippen LogP contribution in [0.25, 0.3) is 114 Å². The molecule has 0 N–H and O–H groups in total. The number of aromatic nitrogens is 3. The molecule has 50 heavy (non-hydrogen) atoms. The Kier molecular flexibility index (Phi) is 5.06. The molecule has 6 heteroatoms. The highest BCUT2D eigenvalue weighted by molar-refractivity contribution is 7.26. The predicted octanol–water partition coefficient (Wildman–Crippen LogP) is 12.6. The van der Waals surface area contributed by atoms with E-state index in [0.29, 0.717) is 5.95 Å². The van der Waals surface area contributed by atoms with E-state index in [0.717, 1.165) is 97.9 Å². The number of nitrogens with zero attached hydrogens (tertiary/aromatic N) is 3. The fourth-order valence-electron chi connectivity index (χ4n) is 8.09. The van der Waals surface area contributed by atoms with Gasteiger partial charge in [-0.2, -0.15) is 0 Å². The van der Waals surface area contributed by atoms with Crippen LogP contribution in [0.15, 0.2) is 148 Å². The Morgan fingerprint density at radius 3 is 2.06 bits per heavy atom. The SMILES string of the molecule is c1ccc2c(-c3ccc4c(c3)oc3ccccc34)nc(-n3c4ccccc4c4c5c6ccccc6oc5c5sc6ccccc6c5c43)nc2c1. The molecule has 0 radical (unpaired) electrons. The van der Waals surface area contributed by atoms with E-state index in [1.165, 1.54) is 10.1 Å². The summed E-state index contributed by atoms with van der Waals surface area (Å²) in [6.45, 7) is 0. The molecule has 5 nitrogen and oxygen atoms in total. The molecule has 5 aromatic heterocycles. The van der Waals surface area contributed by atoms with E-state index < -0.39 is 0 Å². The van der Waals surface area contributed by atoms with Gasteiger partial charge >= 0.3 is 0 Å². The van der Waals surface area contributed by atoms with Crippen LogP contribution in [0.3, 0.4) is 0 Å². The molecule has 0 saturated heterocycles. The van der Waals surface area contributed by atoms with Gasteiger partial charge in [0.05, 0.1) is 26.9 Å². The minimum Gasteiger partial charge on any atom is -0.456 e. The second kappa shape index (κ2) is 9.56. The first-order valence-corrected chi connectivity index (χ1v) is 17.5. The van der Waals surface area contributed by atoms with Gasteiger partial charge in [-0.25, -0.2) is 9.97 Å². The van der Waals surface area contributed by atoms with Crippen LogP contribution in [0.1, 0.15) is 0 Å². The summed E-state index contributed by atoms with van der Waals surface area (Å²) in [5, 5.41) is 10.1. The molecule has 0 aliphatic rings. The van der Waals surface area contributed by atoms with Crippen molar-refractivity contribution in [3.05, 3.63) is 140 Å². The molecule has 0 aliphatic carbocycles. The van der Waals surface area contributed by atoms with Crippen LogP contribution >= 0.6 is 11.3 Å². The summed E-state index contributed by atoms with van der Waals surface area (Å²) in [5.74, 6) is 0.623. The number of thiophene rings is 1. The van der Waals surface area contributed by atoms with E-state index in [9.17, 15) is 0 Å². The van der Waals surface area contributed by atoms with Crippen LogP contribution in [0, 0.1) is 0 Å². The van der Waals surface area contributed by atoms with Crippen molar-refractivity contribution in [2.45, 2.75) is 0 Å². The number of rotatable bonds is 2. The fourth-order valence-corrected chi connectivity index (χ4v) is 9.28. The maximum Gasteiger partial charge on any atom is 0.235 e. The Morgan fingerprint density at radius 2 is 1.18 bits per heavy atom. The van der Waals surface area contributed by atoms with Gasteiger partial charge in [0.15, 0.2) is 5.58 Å². The molecule has 0 saturated carbocycles. The zero-order chi connectivity index (χ0) is 32.5. The summed E-state index contributed by atoms with van der Waals surface area (Å²) in [4.78, 5) is 10.8. The minimum absolute atomic E-state index is 0.623. The average molecular weight is 658 g/mol. The lowest BCUT2D eigenvalue weighted by Crippen LogP contribution is -2.03. The van der Waals surface area contributed by atoms with Crippen LogP contribution in [-0.4, -0.2) is 14.5 Å². The van der Waals surface area contributed by atoms with E-state index >= 15 is 0 Å². The summed E-state index contributed by atoms with van der Waals surface area (Å²) in [6, 6.07) is 48.5. The van der Waals surface area contributed by atoms with E-state index in [-0.39, 0.29) is 0 Å². The van der Waals surface area contributed by atoms with Crippen molar-refractivity contribution in [1.82, 2.24) is 14.5 Å². The Bertz CT molecular complexity index is 3400. The van der Waals surface area contributed by atoms with E-state index in [2.05, 4.69) is 120 Å². The smallest absolute Gasteiger partial charge is 0.235 e. The van der Waals surface area contributed by atoms with Crippen molar-refractivity contribution in [3.63, 3.8) is 0 Å². The van der Waals surface area contributed by atoms with Crippen molar-refractivity contribution in [3.8, 4) is 17.2 Å². The topological polar surface area (TPSA) is 57.0 Å². The lowest BCUT2D eigenvalue weighted by atomic mass is 10.0. The molecular formula is C44H23N3O2S. The van der Waals surface area contributed by atoms with Gasteiger partial charge in [-0.05, 0) is 42.5 Å². The normalized spacial score (nSPS) is 12.4. The van der Waals surface area contributed by atoms with Crippen LogP contribution in [0.4, 0.5) is 0 Å². The number of hydrogen-bond acceptors (Lipinski definition) is 5. The third-order valence-corrected chi connectivity index (χ3v) is 11.4. The number of fused-ring (bicyclic) bond motifs is 16. The molecule has 0 amide bonds. The van der Waals surface area contributed by atoms with Gasteiger partial charge in [-0.3, -0.25) is 4.57 Å². The minimum atomic E-state index is 0.623. The van der Waals surface area contributed by atoms with Gasteiger partial charge < -0.3 is 8.83 Å². The molecule has 0 atom stereocenters. The Labute approximate surface area is 287 Å². The van der Waals surface area contributed by atoms with E-state index in [1.54, 1.807) is 11.3 Å². The van der Waals surface area contributed by atoms with Gasteiger partial charge in [-0.1, -0.05) is 97.1 Å². The van der Waals surface area contributed by atoms with E-state index in [4.69, 9.17) is 18.8 Å². The summed E-state index contributed by atoms with van der Waals surface area (Å²) in [5.41, 5.74) is 8.38. The highest BCUT2D eigenvalue weighted by Gasteiger charge is 2.26. The molecule has 0 bridgehead atoms. The van der Waals surface area contributed by atoms with Gasteiger partial charge in [0.1, 0.15) is 16.7 Å². The molecule has 12 aromatic rings. The molecule has 0 fully saturated rings. The average Bonchev–Trinajstić information content (AvgIpc) is 3.93. The lowest BCUT2D eigenvalue weighted by molar-refractivity contribution is 0.669. The number of hydrogen-bond donors (Lipinski definition) is 0. The number of benzene rings is 7. The summed E-state index contributed by atoms with van der Waals surface area (Å²) in [7, 11) is 0. The van der Waals surface area contributed by atoms with Gasteiger partial charge in [0.25, 0.3) is 0 Å². The van der Waals surface area contributed by atoms with Gasteiger partial charge in [0, 0.05) is 58.7 Å². The Morgan fingerprint density at radius 1 is 0.500 bits per heavy atom. The maximum absolute atomic E-state index is 6.72. The third kappa shape index (κ3) is 3.40. The number of furan rings is 2. The molecule has 12 rings (SSSR count). The fraction of sp³-hybridized carbons (Fsp3) is 0.